The molecule has 0 saturated heterocycles. The summed E-state index contributed by atoms with van der Waals surface area (Å²) < 4.78 is 3.83. The second-order valence-corrected chi connectivity index (χ2v) is 9.11. The molecule has 0 atom stereocenters. The number of aromatic amines is 1. The summed E-state index contributed by atoms with van der Waals surface area (Å²) >= 11 is 0. The fraction of sp³-hybridized carbons (Fsp3) is 0.480. The molecular formula is C25H32N6O. The molecular weight excluding hydrogens is 400 g/mol. The predicted octanol–water partition coefficient (Wildman–Crippen LogP) is 4.48. The SMILES string of the molecule is CCN(CC)C1CCC(n2c(=O)[nH]c3cc(-c4cc(C)c5ncnn5c4)c(C)cc32)CC1. The van der Waals surface area contributed by atoms with Crippen LogP contribution in [0.5, 0.6) is 0 Å². The Morgan fingerprint density at radius 2 is 1.81 bits per heavy atom. The Morgan fingerprint density at radius 1 is 1.06 bits per heavy atom. The van der Waals surface area contributed by atoms with Crippen molar-refractivity contribution in [3.63, 3.8) is 0 Å². The number of H-pyrrole nitrogens is 1. The Hall–Kier alpha value is -2.93. The van der Waals surface area contributed by atoms with Crippen molar-refractivity contribution >= 4 is 16.7 Å². The lowest BCUT2D eigenvalue weighted by Crippen LogP contribution is -2.39. The minimum absolute atomic E-state index is 0.00532. The molecule has 7 heteroatoms. The molecule has 168 valence electrons. The molecule has 0 aliphatic heterocycles. The third kappa shape index (κ3) is 3.45. The Morgan fingerprint density at radius 3 is 2.53 bits per heavy atom. The molecule has 0 spiro atoms. The van der Waals surface area contributed by atoms with Gasteiger partial charge in [0.1, 0.15) is 6.33 Å². The number of nitrogens with zero attached hydrogens (tertiary/aromatic N) is 5. The second-order valence-electron chi connectivity index (χ2n) is 9.11. The summed E-state index contributed by atoms with van der Waals surface area (Å²) in [5.41, 5.74) is 7.21. The molecule has 5 rings (SSSR count). The Bertz CT molecular complexity index is 1320. The van der Waals surface area contributed by atoms with Crippen molar-refractivity contribution in [1.82, 2.24) is 29.0 Å². The third-order valence-electron chi connectivity index (χ3n) is 7.29. The van der Waals surface area contributed by atoms with Crippen molar-refractivity contribution in [2.24, 2.45) is 0 Å². The highest BCUT2D eigenvalue weighted by atomic mass is 16.1. The van der Waals surface area contributed by atoms with E-state index in [1.807, 2.05) is 22.2 Å². The Balaban J connectivity index is 1.50. The minimum Gasteiger partial charge on any atom is -0.306 e. The lowest BCUT2D eigenvalue weighted by atomic mass is 9.89. The van der Waals surface area contributed by atoms with Gasteiger partial charge in [-0.15, -0.1) is 0 Å². The van der Waals surface area contributed by atoms with Crippen LogP contribution in [0.4, 0.5) is 0 Å². The van der Waals surface area contributed by atoms with Crippen LogP contribution in [0.15, 0.2) is 35.5 Å². The average Bonchev–Trinajstić information content (AvgIpc) is 3.38. The molecule has 3 heterocycles. The summed E-state index contributed by atoms with van der Waals surface area (Å²) in [5, 5.41) is 4.31. The quantitative estimate of drug-likeness (QED) is 0.505. The topological polar surface area (TPSA) is 71.2 Å². The van der Waals surface area contributed by atoms with Gasteiger partial charge >= 0.3 is 5.69 Å². The van der Waals surface area contributed by atoms with Crippen molar-refractivity contribution in [1.29, 1.82) is 0 Å². The average molecular weight is 433 g/mol. The zero-order valence-electron chi connectivity index (χ0n) is 19.4. The van der Waals surface area contributed by atoms with Crippen LogP contribution in [-0.4, -0.2) is 48.2 Å². The van der Waals surface area contributed by atoms with Gasteiger partial charge in [-0.25, -0.2) is 14.3 Å². The molecule has 1 fully saturated rings. The summed E-state index contributed by atoms with van der Waals surface area (Å²) in [5.74, 6) is 0. The van der Waals surface area contributed by atoms with Crippen LogP contribution in [0, 0.1) is 13.8 Å². The molecule has 1 aliphatic rings. The molecule has 1 aromatic carbocycles. The number of fused-ring (bicyclic) bond motifs is 2. The maximum absolute atomic E-state index is 13.0. The third-order valence-corrected chi connectivity index (χ3v) is 7.29. The van der Waals surface area contributed by atoms with Gasteiger partial charge in [0, 0.05) is 23.8 Å². The summed E-state index contributed by atoms with van der Waals surface area (Å²) in [6.07, 6.45) is 8.00. The maximum Gasteiger partial charge on any atom is 0.326 e. The van der Waals surface area contributed by atoms with Gasteiger partial charge in [0.15, 0.2) is 5.65 Å². The van der Waals surface area contributed by atoms with E-state index in [1.165, 1.54) is 0 Å². The number of pyridine rings is 1. The van der Waals surface area contributed by atoms with Gasteiger partial charge in [-0.2, -0.15) is 5.10 Å². The van der Waals surface area contributed by atoms with E-state index in [0.29, 0.717) is 6.04 Å². The summed E-state index contributed by atoms with van der Waals surface area (Å²) in [6, 6.07) is 7.33. The molecule has 1 saturated carbocycles. The monoisotopic (exact) mass is 432 g/mol. The fourth-order valence-corrected chi connectivity index (χ4v) is 5.61. The fourth-order valence-electron chi connectivity index (χ4n) is 5.61. The van der Waals surface area contributed by atoms with Gasteiger partial charge in [0.2, 0.25) is 0 Å². The van der Waals surface area contributed by atoms with Crippen LogP contribution in [0.25, 0.3) is 27.8 Å². The number of benzene rings is 1. The smallest absolute Gasteiger partial charge is 0.306 e. The first-order valence-corrected chi connectivity index (χ1v) is 11.8. The molecule has 1 aliphatic carbocycles. The highest BCUT2D eigenvalue weighted by Crippen LogP contribution is 2.34. The minimum atomic E-state index is 0.00532. The van der Waals surface area contributed by atoms with Crippen LogP contribution in [-0.2, 0) is 0 Å². The largest absolute Gasteiger partial charge is 0.326 e. The number of nitrogens with one attached hydrogen (secondary N) is 1. The van der Waals surface area contributed by atoms with E-state index in [-0.39, 0.29) is 11.7 Å². The first-order valence-electron chi connectivity index (χ1n) is 11.8. The number of aromatic nitrogens is 5. The van der Waals surface area contributed by atoms with E-state index in [0.717, 1.165) is 77.7 Å². The van der Waals surface area contributed by atoms with Crippen LogP contribution in [0.2, 0.25) is 0 Å². The molecule has 4 aromatic rings. The highest BCUT2D eigenvalue weighted by molar-refractivity contribution is 5.84. The van der Waals surface area contributed by atoms with Gasteiger partial charge in [-0.05, 0) is 87.5 Å². The first-order chi connectivity index (χ1) is 15.5. The maximum atomic E-state index is 13.0. The number of hydrogen-bond acceptors (Lipinski definition) is 4. The zero-order chi connectivity index (χ0) is 22.4. The summed E-state index contributed by atoms with van der Waals surface area (Å²) in [6.45, 7) is 10.8. The Kier molecular flexibility index (Phi) is 5.37. The molecule has 0 amide bonds. The molecule has 0 radical (unpaired) electrons. The number of aryl methyl sites for hydroxylation is 2. The van der Waals surface area contributed by atoms with Crippen molar-refractivity contribution < 1.29 is 0 Å². The standard InChI is InChI=1S/C25H32N6O/c1-5-29(6-2)19-7-9-20(10-8-19)31-23-12-16(3)21(13-22(23)28-25(31)32)18-11-17(4)24-26-15-27-30(24)14-18/h11-15,19-20H,5-10H2,1-4H3,(H,28,32). The number of hydrogen-bond donors (Lipinski definition) is 1. The van der Waals surface area contributed by atoms with Crippen LogP contribution >= 0.6 is 0 Å². The first kappa shape index (κ1) is 20.9. The van der Waals surface area contributed by atoms with E-state index < -0.39 is 0 Å². The van der Waals surface area contributed by atoms with Crippen LogP contribution in [0.3, 0.4) is 0 Å². The molecule has 32 heavy (non-hydrogen) atoms. The molecule has 7 nitrogen and oxygen atoms in total. The van der Waals surface area contributed by atoms with Crippen molar-refractivity contribution in [2.45, 2.75) is 65.5 Å². The predicted molar refractivity (Wildman–Crippen MR) is 128 cm³/mol. The van der Waals surface area contributed by atoms with E-state index in [4.69, 9.17) is 0 Å². The summed E-state index contributed by atoms with van der Waals surface area (Å²) in [7, 11) is 0. The Labute approximate surface area is 188 Å². The van der Waals surface area contributed by atoms with Gasteiger partial charge < -0.3 is 9.88 Å². The van der Waals surface area contributed by atoms with Gasteiger partial charge in [0.25, 0.3) is 0 Å². The van der Waals surface area contributed by atoms with E-state index in [2.05, 4.69) is 58.9 Å². The number of rotatable bonds is 5. The lowest BCUT2D eigenvalue weighted by Gasteiger charge is -2.36. The molecule has 3 aromatic heterocycles. The van der Waals surface area contributed by atoms with E-state index >= 15 is 0 Å². The zero-order valence-corrected chi connectivity index (χ0v) is 19.4. The number of imidazole rings is 1. The molecule has 0 bridgehead atoms. The van der Waals surface area contributed by atoms with Crippen molar-refractivity contribution in [2.75, 3.05) is 13.1 Å². The second kappa shape index (κ2) is 8.20. The van der Waals surface area contributed by atoms with E-state index in [1.54, 1.807) is 6.33 Å². The van der Waals surface area contributed by atoms with Crippen molar-refractivity contribution in [3.05, 3.63) is 52.3 Å². The lowest BCUT2D eigenvalue weighted by molar-refractivity contribution is 0.150. The molecule has 1 N–H and O–H groups in total. The van der Waals surface area contributed by atoms with Crippen molar-refractivity contribution in [3.8, 4) is 11.1 Å². The highest BCUT2D eigenvalue weighted by Gasteiger charge is 2.27. The van der Waals surface area contributed by atoms with Crippen LogP contribution in [0.1, 0.15) is 56.7 Å². The summed E-state index contributed by atoms with van der Waals surface area (Å²) in [4.78, 5) is 23.0. The van der Waals surface area contributed by atoms with Gasteiger partial charge in [-0.3, -0.25) is 4.57 Å². The van der Waals surface area contributed by atoms with Crippen LogP contribution < -0.4 is 5.69 Å². The van der Waals surface area contributed by atoms with E-state index in [9.17, 15) is 4.79 Å². The molecule has 0 unspecified atom stereocenters. The normalized spacial score (nSPS) is 19.4. The van der Waals surface area contributed by atoms with Gasteiger partial charge in [0.05, 0.1) is 11.0 Å². The van der Waals surface area contributed by atoms with Gasteiger partial charge in [-0.1, -0.05) is 13.8 Å².